The molecule has 0 bridgehead atoms. The quantitative estimate of drug-likeness (QED) is 0.760. The van der Waals surface area contributed by atoms with E-state index in [0.29, 0.717) is 27.2 Å². The van der Waals surface area contributed by atoms with Gasteiger partial charge in [0.2, 0.25) is 0 Å². The van der Waals surface area contributed by atoms with Crippen LogP contribution >= 0.6 is 11.6 Å². The maximum absolute atomic E-state index is 12.3. The molecule has 1 aromatic heterocycles. The Morgan fingerprint density at radius 1 is 1.14 bits per heavy atom. The van der Waals surface area contributed by atoms with Gasteiger partial charge in [0.15, 0.2) is 5.75 Å². The number of aromatic amines is 1. The minimum absolute atomic E-state index is 0.0880. The first-order valence-electron chi connectivity index (χ1n) is 6.30. The third-order valence-electron chi connectivity index (χ3n) is 3.33. The average molecular weight is 302 g/mol. The predicted molar refractivity (Wildman–Crippen MR) is 83.2 cm³/mol. The van der Waals surface area contributed by atoms with Gasteiger partial charge in [-0.2, -0.15) is 0 Å². The summed E-state index contributed by atoms with van der Waals surface area (Å²) in [6, 6.07) is 12.3. The number of nitrogens with one attached hydrogen (secondary N) is 1. The molecule has 21 heavy (non-hydrogen) atoms. The first-order chi connectivity index (χ1) is 10.1. The summed E-state index contributed by atoms with van der Waals surface area (Å²) in [5, 5.41) is 11.3. The molecule has 0 aliphatic carbocycles. The largest absolute Gasteiger partial charge is 0.506 e. The van der Waals surface area contributed by atoms with Gasteiger partial charge in [0.05, 0.1) is 23.2 Å². The van der Waals surface area contributed by atoms with Crippen molar-refractivity contribution in [3.8, 4) is 22.6 Å². The second-order valence-electron chi connectivity index (χ2n) is 4.55. The molecule has 5 heteroatoms. The van der Waals surface area contributed by atoms with Crippen LogP contribution in [0.1, 0.15) is 0 Å². The van der Waals surface area contributed by atoms with E-state index in [-0.39, 0.29) is 11.3 Å². The third-order valence-corrected chi connectivity index (χ3v) is 3.63. The van der Waals surface area contributed by atoms with Crippen LogP contribution in [0.15, 0.2) is 47.3 Å². The molecule has 2 aromatic carbocycles. The molecule has 106 valence electrons. The molecule has 3 rings (SSSR count). The van der Waals surface area contributed by atoms with E-state index in [0.717, 1.165) is 0 Å². The van der Waals surface area contributed by atoms with Crippen molar-refractivity contribution < 1.29 is 9.84 Å². The number of aromatic nitrogens is 1. The van der Waals surface area contributed by atoms with E-state index < -0.39 is 5.56 Å². The van der Waals surface area contributed by atoms with Crippen LogP contribution < -0.4 is 10.3 Å². The summed E-state index contributed by atoms with van der Waals surface area (Å²) in [6.45, 7) is 0. The van der Waals surface area contributed by atoms with Crippen molar-refractivity contribution in [1.82, 2.24) is 4.98 Å². The highest BCUT2D eigenvalue weighted by Gasteiger charge is 2.17. The molecule has 0 fully saturated rings. The smallest absolute Gasteiger partial charge is 0.260 e. The molecular weight excluding hydrogens is 290 g/mol. The normalized spacial score (nSPS) is 10.8. The molecule has 0 spiro atoms. The fraction of sp³-hybridized carbons (Fsp3) is 0.0625. The van der Waals surface area contributed by atoms with Crippen LogP contribution in [0.25, 0.3) is 22.0 Å². The van der Waals surface area contributed by atoms with Gasteiger partial charge in [-0.25, -0.2) is 0 Å². The van der Waals surface area contributed by atoms with Crippen LogP contribution in [0, 0.1) is 0 Å². The predicted octanol–water partition coefficient (Wildman–Crippen LogP) is 3.56. The van der Waals surface area contributed by atoms with E-state index in [1.807, 2.05) is 6.07 Å². The van der Waals surface area contributed by atoms with Crippen molar-refractivity contribution >= 4 is 22.5 Å². The van der Waals surface area contributed by atoms with Gasteiger partial charge in [-0.1, -0.05) is 41.9 Å². The van der Waals surface area contributed by atoms with Crippen molar-refractivity contribution in [2.75, 3.05) is 7.11 Å². The second-order valence-corrected chi connectivity index (χ2v) is 4.95. The standard InChI is InChI=1S/C16H12ClNO3/c1-21-15-11(17)8-7-10-13(15)18-16(20)12(14(10)19)9-5-3-2-4-6-9/h2-8H,1H3,(H2,18,19,20). The van der Waals surface area contributed by atoms with Crippen molar-refractivity contribution in [3.63, 3.8) is 0 Å². The minimum atomic E-state index is -0.397. The molecule has 1 heterocycles. The van der Waals surface area contributed by atoms with Crippen LogP contribution in [-0.4, -0.2) is 17.2 Å². The number of aromatic hydroxyl groups is 1. The van der Waals surface area contributed by atoms with E-state index in [1.54, 1.807) is 36.4 Å². The number of benzene rings is 2. The third kappa shape index (κ3) is 2.14. The van der Waals surface area contributed by atoms with E-state index in [4.69, 9.17) is 16.3 Å². The van der Waals surface area contributed by atoms with Gasteiger partial charge in [-0.15, -0.1) is 0 Å². The number of pyridine rings is 1. The molecular formula is C16H12ClNO3. The number of H-pyrrole nitrogens is 1. The van der Waals surface area contributed by atoms with Gasteiger partial charge < -0.3 is 14.8 Å². The molecule has 0 aliphatic rings. The van der Waals surface area contributed by atoms with Gasteiger partial charge in [0.25, 0.3) is 5.56 Å². The summed E-state index contributed by atoms with van der Waals surface area (Å²) in [5.41, 5.74) is 0.860. The maximum atomic E-state index is 12.3. The lowest BCUT2D eigenvalue weighted by molar-refractivity contribution is 0.418. The zero-order valence-electron chi connectivity index (χ0n) is 11.2. The lowest BCUT2D eigenvalue weighted by Crippen LogP contribution is -2.10. The molecule has 4 nitrogen and oxygen atoms in total. The molecule has 0 saturated carbocycles. The van der Waals surface area contributed by atoms with Crippen molar-refractivity contribution in [1.29, 1.82) is 0 Å². The monoisotopic (exact) mass is 301 g/mol. The highest BCUT2D eigenvalue weighted by atomic mass is 35.5. The Morgan fingerprint density at radius 3 is 2.52 bits per heavy atom. The molecule has 3 aromatic rings. The lowest BCUT2D eigenvalue weighted by Gasteiger charge is -2.11. The molecule has 2 N–H and O–H groups in total. The molecule has 0 saturated heterocycles. The second kappa shape index (κ2) is 5.14. The molecule has 0 unspecified atom stereocenters. The Morgan fingerprint density at radius 2 is 1.86 bits per heavy atom. The Balaban J connectivity index is 2.41. The van der Waals surface area contributed by atoms with Gasteiger partial charge in [-0.3, -0.25) is 4.79 Å². The van der Waals surface area contributed by atoms with Crippen LogP contribution in [0.2, 0.25) is 5.02 Å². The maximum Gasteiger partial charge on any atom is 0.260 e. The first kappa shape index (κ1) is 13.5. The molecule has 0 radical (unpaired) electrons. The fourth-order valence-corrected chi connectivity index (χ4v) is 2.60. The SMILES string of the molecule is COc1c(Cl)ccc2c(O)c(-c3ccccc3)c(=O)[nH]c12. The van der Waals surface area contributed by atoms with Gasteiger partial charge in [0.1, 0.15) is 5.75 Å². The number of hydrogen-bond donors (Lipinski definition) is 2. The van der Waals surface area contributed by atoms with Crippen LogP contribution in [0.5, 0.6) is 11.5 Å². The Bertz CT molecular complexity index is 872. The summed E-state index contributed by atoms with van der Waals surface area (Å²) >= 11 is 6.04. The molecule has 0 amide bonds. The van der Waals surface area contributed by atoms with Gasteiger partial charge >= 0.3 is 0 Å². The number of ether oxygens (including phenoxy) is 1. The Hall–Kier alpha value is -2.46. The number of rotatable bonds is 2. The molecule has 0 aliphatic heterocycles. The number of halogens is 1. The highest BCUT2D eigenvalue weighted by molar-refractivity contribution is 6.33. The zero-order chi connectivity index (χ0) is 15.0. The van der Waals surface area contributed by atoms with E-state index in [2.05, 4.69) is 4.98 Å². The fourth-order valence-electron chi connectivity index (χ4n) is 2.37. The summed E-state index contributed by atoms with van der Waals surface area (Å²) in [6.07, 6.45) is 0. The number of methoxy groups -OCH3 is 1. The minimum Gasteiger partial charge on any atom is -0.506 e. The topological polar surface area (TPSA) is 62.3 Å². The van der Waals surface area contributed by atoms with Crippen molar-refractivity contribution in [2.24, 2.45) is 0 Å². The van der Waals surface area contributed by atoms with Gasteiger partial charge in [0, 0.05) is 5.39 Å². The van der Waals surface area contributed by atoms with Crippen LogP contribution in [0.3, 0.4) is 0 Å². The Labute approximate surface area is 125 Å². The van der Waals surface area contributed by atoms with Gasteiger partial charge in [-0.05, 0) is 17.7 Å². The highest BCUT2D eigenvalue weighted by Crippen LogP contribution is 2.38. The van der Waals surface area contributed by atoms with Crippen LogP contribution in [-0.2, 0) is 0 Å². The summed E-state index contributed by atoms with van der Waals surface area (Å²) < 4.78 is 5.20. The summed E-state index contributed by atoms with van der Waals surface area (Å²) in [4.78, 5) is 15.1. The lowest BCUT2D eigenvalue weighted by atomic mass is 10.0. The molecule has 0 atom stereocenters. The number of fused-ring (bicyclic) bond motifs is 1. The summed E-state index contributed by atoms with van der Waals surface area (Å²) in [5.74, 6) is 0.246. The average Bonchev–Trinajstić information content (AvgIpc) is 2.48. The van der Waals surface area contributed by atoms with Crippen molar-refractivity contribution in [2.45, 2.75) is 0 Å². The van der Waals surface area contributed by atoms with Crippen LogP contribution in [0.4, 0.5) is 0 Å². The van der Waals surface area contributed by atoms with E-state index in [9.17, 15) is 9.90 Å². The van der Waals surface area contributed by atoms with Crippen molar-refractivity contribution in [3.05, 3.63) is 57.8 Å². The summed E-state index contributed by atoms with van der Waals surface area (Å²) in [7, 11) is 1.46. The Kier molecular flexibility index (Phi) is 3.31. The number of hydrogen-bond acceptors (Lipinski definition) is 3. The first-order valence-corrected chi connectivity index (χ1v) is 6.68. The van der Waals surface area contributed by atoms with E-state index in [1.165, 1.54) is 7.11 Å². The zero-order valence-corrected chi connectivity index (χ0v) is 11.9. The van der Waals surface area contributed by atoms with E-state index >= 15 is 0 Å².